The molecule has 1 aromatic rings. The maximum atomic E-state index is 13.8. The summed E-state index contributed by atoms with van der Waals surface area (Å²) < 4.78 is 22.4. The lowest BCUT2D eigenvalue weighted by atomic mass is 9.69. The number of amides is 2. The van der Waals surface area contributed by atoms with E-state index in [2.05, 4.69) is 23.8 Å². The van der Waals surface area contributed by atoms with E-state index < -0.39 is 70.4 Å². The van der Waals surface area contributed by atoms with Crippen LogP contribution in [0.4, 0.5) is 0 Å². The van der Waals surface area contributed by atoms with Crippen LogP contribution in [0, 0.1) is 11.8 Å². The summed E-state index contributed by atoms with van der Waals surface area (Å²) in [5.74, 6) is -3.31. The van der Waals surface area contributed by atoms with Gasteiger partial charge in [0, 0.05) is 59.0 Å². The van der Waals surface area contributed by atoms with E-state index in [1.165, 1.54) is 0 Å². The fraction of sp³-hybridized carbons (Fsp3) is 0.667. The zero-order valence-electron chi connectivity index (χ0n) is 40.2. The summed E-state index contributed by atoms with van der Waals surface area (Å²) >= 11 is 0. The molecule has 2 fully saturated rings. The molecule has 0 aromatic heterocycles. The van der Waals surface area contributed by atoms with Crippen molar-refractivity contribution in [3.05, 3.63) is 60.7 Å². The molecule has 0 aliphatic carbocycles. The van der Waals surface area contributed by atoms with Gasteiger partial charge in [-0.2, -0.15) is 10.1 Å². The number of carbonyl (C=O) groups is 6. The van der Waals surface area contributed by atoms with Gasteiger partial charge in [-0.25, -0.2) is 19.2 Å². The second-order valence-electron chi connectivity index (χ2n) is 18.0. The van der Waals surface area contributed by atoms with Crippen molar-refractivity contribution in [3.8, 4) is 0 Å². The molecule has 358 valence electrons. The van der Waals surface area contributed by atoms with Crippen LogP contribution in [0.25, 0.3) is 0 Å². The Balaban J connectivity index is 1.70. The Morgan fingerprint density at radius 3 is 1.25 bits per heavy atom. The van der Waals surface area contributed by atoms with Gasteiger partial charge in [-0.15, -0.1) is 0 Å². The lowest BCUT2D eigenvalue weighted by Crippen LogP contribution is -2.69. The topological polar surface area (TPSA) is 188 Å². The number of hydroxylamine groups is 4. The van der Waals surface area contributed by atoms with E-state index in [1.807, 2.05) is 79.4 Å². The quantitative estimate of drug-likeness (QED) is 0.0561. The first kappa shape index (κ1) is 53.7. The number of rotatable bonds is 22. The molecule has 10 unspecified atom stereocenters. The summed E-state index contributed by atoms with van der Waals surface area (Å²) in [7, 11) is 0. The van der Waals surface area contributed by atoms with Crippen LogP contribution < -0.4 is 10.6 Å². The zero-order valence-corrected chi connectivity index (χ0v) is 40.2. The van der Waals surface area contributed by atoms with E-state index in [4.69, 9.17) is 28.6 Å². The van der Waals surface area contributed by atoms with Crippen molar-refractivity contribution < 1.29 is 57.4 Å². The van der Waals surface area contributed by atoms with Gasteiger partial charge in [0.1, 0.15) is 25.4 Å². The van der Waals surface area contributed by atoms with Crippen LogP contribution in [0.1, 0.15) is 142 Å². The number of ether oxygens (including phenoxy) is 4. The Bertz CT molecular complexity index is 1700. The molecule has 2 N–H and O–H groups in total. The van der Waals surface area contributed by atoms with Crippen molar-refractivity contribution in [2.45, 2.75) is 168 Å². The molecule has 16 nitrogen and oxygen atoms in total. The molecule has 10 atom stereocenters. The maximum Gasteiger partial charge on any atom is 0.338 e. The van der Waals surface area contributed by atoms with Crippen molar-refractivity contribution in [3.63, 3.8) is 0 Å². The van der Waals surface area contributed by atoms with Crippen LogP contribution in [0.15, 0.2) is 49.6 Å². The Kier molecular flexibility index (Phi) is 19.3. The van der Waals surface area contributed by atoms with Gasteiger partial charge >= 0.3 is 23.9 Å². The summed E-state index contributed by atoms with van der Waals surface area (Å²) in [5, 5.41) is 9.31. The van der Waals surface area contributed by atoms with Crippen LogP contribution in [0.5, 0.6) is 0 Å². The Labute approximate surface area is 380 Å². The van der Waals surface area contributed by atoms with E-state index >= 15 is 0 Å². The second kappa shape index (κ2) is 23.0. The number of esters is 4. The third-order valence-corrected chi connectivity index (χ3v) is 14.0. The minimum atomic E-state index is -0.857. The van der Waals surface area contributed by atoms with Crippen LogP contribution in [0.2, 0.25) is 0 Å². The third kappa shape index (κ3) is 12.4. The van der Waals surface area contributed by atoms with Gasteiger partial charge in [0.15, 0.2) is 12.2 Å². The van der Waals surface area contributed by atoms with Crippen molar-refractivity contribution in [2.24, 2.45) is 11.8 Å². The van der Waals surface area contributed by atoms with E-state index in [1.54, 1.807) is 38.1 Å². The predicted octanol–water partition coefficient (Wildman–Crippen LogP) is 6.43. The van der Waals surface area contributed by atoms with E-state index in [0.29, 0.717) is 38.5 Å². The highest BCUT2D eigenvalue weighted by Gasteiger charge is 2.57. The van der Waals surface area contributed by atoms with Crippen molar-refractivity contribution in [1.29, 1.82) is 0 Å². The van der Waals surface area contributed by atoms with Crippen LogP contribution in [-0.4, -0.2) is 119 Å². The average Bonchev–Trinajstić information content (AvgIpc) is 3.29. The molecular weight excluding hydrogens is 825 g/mol. The minimum absolute atomic E-state index is 0.00247. The SMILES string of the molecule is C=CC(=O)OCCNC(=O)C(C)ON1C(C)(CC)CC(OC(=O)c2ccc(C(=O)OC3CC(C)(CC)N(OC(C)C(=O)NCCOC(=O)C=C)C(C)(CC)C3C)cc2)C(C)C1(C)CC. The van der Waals surface area contributed by atoms with Gasteiger partial charge in [0.05, 0.1) is 24.2 Å². The van der Waals surface area contributed by atoms with Gasteiger partial charge < -0.3 is 29.6 Å². The first-order chi connectivity index (χ1) is 30.0. The number of benzene rings is 1. The monoisotopic (exact) mass is 899 g/mol. The largest absolute Gasteiger partial charge is 0.461 e. The molecule has 2 aliphatic rings. The first-order valence-corrected chi connectivity index (χ1v) is 22.6. The lowest BCUT2D eigenvalue weighted by molar-refractivity contribution is -0.328. The number of hydrogen-bond acceptors (Lipinski definition) is 14. The molecule has 0 radical (unpaired) electrons. The second-order valence-corrected chi connectivity index (χ2v) is 18.0. The summed E-state index contributed by atoms with van der Waals surface area (Å²) in [5.41, 5.74) is -1.91. The van der Waals surface area contributed by atoms with Crippen LogP contribution >= 0.6 is 0 Å². The van der Waals surface area contributed by atoms with E-state index in [-0.39, 0.29) is 61.1 Å². The summed E-state index contributed by atoms with van der Waals surface area (Å²) in [6.07, 6.45) is 2.86. The van der Waals surface area contributed by atoms with Gasteiger partial charge in [0.25, 0.3) is 11.8 Å². The number of nitrogens with zero attached hydrogens (tertiary/aromatic N) is 2. The molecule has 2 aliphatic heterocycles. The molecule has 2 heterocycles. The molecule has 3 rings (SSSR count). The Hall–Kier alpha value is -4.64. The van der Waals surface area contributed by atoms with E-state index in [9.17, 15) is 28.8 Å². The Morgan fingerprint density at radius 1 is 0.641 bits per heavy atom. The third-order valence-electron chi connectivity index (χ3n) is 14.0. The molecule has 64 heavy (non-hydrogen) atoms. The number of carbonyl (C=O) groups excluding carboxylic acids is 6. The molecule has 0 bridgehead atoms. The fourth-order valence-corrected chi connectivity index (χ4v) is 8.70. The average molecular weight is 899 g/mol. The normalized spacial score (nSPS) is 29.3. The smallest absolute Gasteiger partial charge is 0.338 e. The van der Waals surface area contributed by atoms with Gasteiger partial charge in [-0.3, -0.25) is 19.3 Å². The minimum Gasteiger partial charge on any atom is -0.461 e. The molecule has 0 saturated carbocycles. The number of piperidine rings is 2. The summed E-state index contributed by atoms with van der Waals surface area (Å²) in [6.45, 7) is 30.6. The fourth-order valence-electron chi connectivity index (χ4n) is 8.70. The molecule has 2 saturated heterocycles. The zero-order chi connectivity index (χ0) is 48.2. The highest BCUT2D eigenvalue weighted by molar-refractivity contribution is 5.93. The Morgan fingerprint density at radius 2 is 0.969 bits per heavy atom. The van der Waals surface area contributed by atoms with Gasteiger partial charge in [-0.05, 0) is 91.5 Å². The van der Waals surface area contributed by atoms with Crippen molar-refractivity contribution >= 4 is 35.7 Å². The maximum absolute atomic E-state index is 13.8. The number of hydrogen-bond donors (Lipinski definition) is 2. The molecule has 1 aromatic carbocycles. The lowest BCUT2D eigenvalue weighted by Gasteiger charge is -2.59. The molecule has 0 spiro atoms. The number of nitrogens with one attached hydrogen (secondary N) is 2. The first-order valence-electron chi connectivity index (χ1n) is 22.6. The van der Waals surface area contributed by atoms with E-state index in [0.717, 1.165) is 12.2 Å². The standard InChI is InChI=1S/C48H74N4O12/c1-15-39(53)59-27-25-49-41(55)33(9)63-51-45(11,17-3)29-37(31(7)47(51,13)19-5)61-43(57)35-21-23-36(24-22-35)44(58)62-38-30-46(12,18-4)52(48(14,20-6)32(38)8)64-34(10)42(56)50-26-28-60-40(54)16-2/h15-16,21-24,31-34,37-38H,1-2,17-20,25-30H2,3-14H3,(H,49,55)(H,50,56). The molecular formula is C48H74N4O12. The summed E-state index contributed by atoms with van der Waals surface area (Å²) in [4.78, 5) is 89.1. The molecule has 2 amide bonds. The predicted molar refractivity (Wildman–Crippen MR) is 240 cm³/mol. The van der Waals surface area contributed by atoms with Crippen LogP contribution in [-0.2, 0) is 47.8 Å². The van der Waals surface area contributed by atoms with Crippen molar-refractivity contribution in [1.82, 2.24) is 20.8 Å². The summed E-state index contributed by atoms with van der Waals surface area (Å²) in [6, 6.07) is 6.28. The van der Waals surface area contributed by atoms with Gasteiger partial charge in [0.2, 0.25) is 0 Å². The van der Waals surface area contributed by atoms with Crippen molar-refractivity contribution in [2.75, 3.05) is 26.3 Å². The van der Waals surface area contributed by atoms with Gasteiger partial charge in [-0.1, -0.05) is 54.7 Å². The highest BCUT2D eigenvalue weighted by Crippen LogP contribution is 2.49. The molecule has 16 heteroatoms. The highest BCUT2D eigenvalue weighted by atomic mass is 16.7. The van der Waals surface area contributed by atoms with Crippen LogP contribution in [0.3, 0.4) is 0 Å².